The summed E-state index contributed by atoms with van der Waals surface area (Å²) in [6, 6.07) is 5.43. The fourth-order valence-corrected chi connectivity index (χ4v) is 1.67. The van der Waals surface area contributed by atoms with Crippen LogP contribution < -0.4 is 4.74 Å². The van der Waals surface area contributed by atoms with E-state index in [1.807, 2.05) is 0 Å². The van der Waals surface area contributed by atoms with E-state index >= 15 is 0 Å². The van der Waals surface area contributed by atoms with Crippen molar-refractivity contribution < 1.29 is 23.1 Å². The number of ether oxygens (including phenoxy) is 1. The third kappa shape index (κ3) is 3.09. The first-order valence-electron chi connectivity index (χ1n) is 4.28. The van der Waals surface area contributed by atoms with Crippen LogP contribution in [0.15, 0.2) is 41.1 Å². The maximum atomic E-state index is 11.3. The van der Waals surface area contributed by atoms with Gasteiger partial charge in [-0.25, -0.2) is 13.2 Å². The van der Waals surface area contributed by atoms with Crippen LogP contribution in [-0.2, 0) is 14.6 Å². The van der Waals surface area contributed by atoms with Crippen LogP contribution in [0.3, 0.4) is 0 Å². The normalized spacial score (nSPS) is 10.8. The summed E-state index contributed by atoms with van der Waals surface area (Å²) in [6.45, 7) is 2.73. The van der Waals surface area contributed by atoms with E-state index in [-0.39, 0.29) is 4.90 Å². The average molecular weight is 242 g/mol. The van der Waals surface area contributed by atoms with Crippen molar-refractivity contribution in [3.05, 3.63) is 36.3 Å². The van der Waals surface area contributed by atoms with Gasteiger partial charge in [0.15, 0.2) is 16.4 Å². The monoisotopic (exact) mass is 242 g/mol. The predicted molar refractivity (Wildman–Crippen MR) is 57.0 cm³/mol. The minimum Gasteiger partial charge on any atom is -0.482 e. The van der Waals surface area contributed by atoms with Gasteiger partial charge in [-0.05, 0) is 24.3 Å². The van der Waals surface area contributed by atoms with E-state index in [2.05, 4.69) is 6.58 Å². The summed E-state index contributed by atoms with van der Waals surface area (Å²) in [4.78, 5) is 10.3. The van der Waals surface area contributed by atoms with E-state index in [0.717, 1.165) is 5.41 Å². The summed E-state index contributed by atoms with van der Waals surface area (Å²) in [5, 5.41) is 9.21. The minimum absolute atomic E-state index is 0.0881. The highest BCUT2D eigenvalue weighted by atomic mass is 32.2. The molecule has 0 radical (unpaired) electrons. The van der Waals surface area contributed by atoms with Crippen LogP contribution in [0.2, 0.25) is 0 Å². The molecule has 1 rings (SSSR count). The number of benzene rings is 1. The largest absolute Gasteiger partial charge is 0.482 e. The Morgan fingerprint density at radius 3 is 2.38 bits per heavy atom. The Kier molecular flexibility index (Phi) is 3.68. The smallest absolute Gasteiger partial charge is 0.341 e. The van der Waals surface area contributed by atoms with Crippen molar-refractivity contribution in [1.29, 1.82) is 0 Å². The first kappa shape index (κ1) is 12.3. The van der Waals surface area contributed by atoms with Crippen molar-refractivity contribution >= 4 is 15.8 Å². The molecular formula is C10H10O5S. The molecule has 0 amide bonds. The molecule has 0 atom stereocenters. The molecule has 0 bridgehead atoms. The highest BCUT2D eigenvalue weighted by Crippen LogP contribution is 2.17. The molecule has 0 fully saturated rings. The van der Waals surface area contributed by atoms with Crippen LogP contribution in [0.1, 0.15) is 0 Å². The number of hydrogen-bond donors (Lipinski definition) is 1. The highest BCUT2D eigenvalue weighted by Gasteiger charge is 2.09. The molecule has 6 heteroatoms. The second-order valence-electron chi connectivity index (χ2n) is 2.87. The van der Waals surface area contributed by atoms with Crippen molar-refractivity contribution in [2.75, 3.05) is 6.61 Å². The molecule has 0 spiro atoms. The maximum Gasteiger partial charge on any atom is 0.341 e. The second kappa shape index (κ2) is 4.80. The van der Waals surface area contributed by atoms with Gasteiger partial charge in [0.25, 0.3) is 0 Å². The molecule has 1 aromatic carbocycles. The molecule has 0 saturated carbocycles. The van der Waals surface area contributed by atoms with Crippen molar-refractivity contribution in [1.82, 2.24) is 0 Å². The highest BCUT2D eigenvalue weighted by molar-refractivity contribution is 7.94. The van der Waals surface area contributed by atoms with Gasteiger partial charge < -0.3 is 9.84 Å². The topological polar surface area (TPSA) is 80.7 Å². The van der Waals surface area contributed by atoms with E-state index < -0.39 is 22.4 Å². The first-order valence-corrected chi connectivity index (χ1v) is 5.82. The fourth-order valence-electron chi connectivity index (χ4n) is 0.967. The summed E-state index contributed by atoms with van der Waals surface area (Å²) in [5.74, 6) is -0.798. The zero-order valence-corrected chi connectivity index (χ0v) is 9.11. The second-order valence-corrected chi connectivity index (χ2v) is 4.76. The Balaban J connectivity index is 2.84. The third-order valence-corrected chi connectivity index (χ3v) is 3.10. The third-order valence-electron chi connectivity index (χ3n) is 1.73. The number of sulfone groups is 1. The number of aliphatic carboxylic acids is 1. The Hall–Kier alpha value is -1.82. The molecule has 0 aromatic heterocycles. The molecular weight excluding hydrogens is 232 g/mol. The van der Waals surface area contributed by atoms with E-state index in [1.54, 1.807) is 0 Å². The quantitative estimate of drug-likeness (QED) is 0.835. The van der Waals surface area contributed by atoms with Gasteiger partial charge in [-0.2, -0.15) is 0 Å². The lowest BCUT2D eigenvalue weighted by atomic mass is 10.3. The SMILES string of the molecule is C=CS(=O)(=O)c1ccc(OCC(=O)O)cc1. The van der Waals surface area contributed by atoms with Crippen LogP contribution in [0, 0.1) is 0 Å². The van der Waals surface area contributed by atoms with Crippen LogP contribution in [0.4, 0.5) is 0 Å². The zero-order valence-electron chi connectivity index (χ0n) is 8.29. The lowest BCUT2D eigenvalue weighted by molar-refractivity contribution is -0.139. The van der Waals surface area contributed by atoms with Crippen LogP contribution in [0.25, 0.3) is 0 Å². The summed E-state index contributed by atoms with van der Waals surface area (Å²) >= 11 is 0. The Bertz CT molecular complexity index is 486. The van der Waals surface area contributed by atoms with Crippen LogP contribution in [0.5, 0.6) is 5.75 Å². The van der Waals surface area contributed by atoms with Gasteiger partial charge in [0, 0.05) is 5.41 Å². The molecule has 0 heterocycles. The standard InChI is InChI=1S/C10H10O5S/c1-2-16(13,14)9-5-3-8(4-6-9)15-7-10(11)12/h2-6H,1,7H2,(H,11,12). The number of carboxylic acids is 1. The van der Waals surface area contributed by atoms with Gasteiger partial charge in [0.05, 0.1) is 4.90 Å². The number of carboxylic acid groups (broad SMARTS) is 1. The fraction of sp³-hybridized carbons (Fsp3) is 0.100. The molecule has 86 valence electrons. The molecule has 16 heavy (non-hydrogen) atoms. The molecule has 0 aliphatic rings. The van der Waals surface area contributed by atoms with E-state index in [4.69, 9.17) is 9.84 Å². The predicted octanol–water partition coefficient (Wildman–Crippen LogP) is 1.07. The van der Waals surface area contributed by atoms with Crippen molar-refractivity contribution in [2.45, 2.75) is 4.90 Å². The van der Waals surface area contributed by atoms with Gasteiger partial charge >= 0.3 is 5.97 Å². The van der Waals surface area contributed by atoms with E-state index in [1.165, 1.54) is 24.3 Å². The number of carbonyl (C=O) groups is 1. The van der Waals surface area contributed by atoms with Crippen LogP contribution in [-0.4, -0.2) is 26.1 Å². The Morgan fingerprint density at radius 1 is 1.38 bits per heavy atom. The zero-order chi connectivity index (χ0) is 12.2. The number of hydrogen-bond acceptors (Lipinski definition) is 4. The molecule has 5 nitrogen and oxygen atoms in total. The molecule has 0 aliphatic heterocycles. The Morgan fingerprint density at radius 2 is 1.94 bits per heavy atom. The lowest BCUT2D eigenvalue weighted by Crippen LogP contribution is -2.09. The first-order chi connectivity index (χ1) is 7.45. The lowest BCUT2D eigenvalue weighted by Gasteiger charge is -2.03. The molecule has 1 N–H and O–H groups in total. The minimum atomic E-state index is -3.45. The molecule has 0 unspecified atom stereocenters. The summed E-state index contributed by atoms with van der Waals surface area (Å²) in [5.41, 5.74) is 0. The molecule has 0 aliphatic carbocycles. The summed E-state index contributed by atoms with van der Waals surface area (Å²) in [6.07, 6.45) is 0. The Labute approximate surface area is 92.9 Å². The van der Waals surface area contributed by atoms with Crippen LogP contribution >= 0.6 is 0 Å². The average Bonchev–Trinajstić information content (AvgIpc) is 2.27. The van der Waals surface area contributed by atoms with Crippen molar-refractivity contribution in [3.63, 3.8) is 0 Å². The van der Waals surface area contributed by atoms with E-state index in [9.17, 15) is 13.2 Å². The maximum absolute atomic E-state index is 11.3. The van der Waals surface area contributed by atoms with Gasteiger partial charge in [0.1, 0.15) is 5.75 Å². The molecule has 0 saturated heterocycles. The van der Waals surface area contributed by atoms with Crippen molar-refractivity contribution in [3.8, 4) is 5.75 Å². The molecule has 1 aromatic rings. The van der Waals surface area contributed by atoms with Crippen molar-refractivity contribution in [2.24, 2.45) is 0 Å². The van der Waals surface area contributed by atoms with Gasteiger partial charge in [0.2, 0.25) is 0 Å². The van der Waals surface area contributed by atoms with Gasteiger partial charge in [-0.1, -0.05) is 6.58 Å². The van der Waals surface area contributed by atoms with E-state index in [0.29, 0.717) is 5.75 Å². The van der Waals surface area contributed by atoms with Gasteiger partial charge in [-0.15, -0.1) is 0 Å². The van der Waals surface area contributed by atoms with Gasteiger partial charge in [-0.3, -0.25) is 0 Å². The summed E-state index contributed by atoms with van der Waals surface area (Å²) in [7, 11) is -3.45. The summed E-state index contributed by atoms with van der Waals surface area (Å²) < 4.78 is 27.5. The number of rotatable bonds is 5.